The molecule has 3 rings (SSSR count). The van der Waals surface area contributed by atoms with Gasteiger partial charge >= 0.3 is 0 Å². The van der Waals surface area contributed by atoms with Crippen molar-refractivity contribution in [2.24, 2.45) is 0 Å². The Balaban J connectivity index is 1.87. The monoisotopic (exact) mass is 410 g/mol. The number of nitrogen functional groups attached to an aromatic ring is 1. The fraction of sp³-hybridized carbons (Fsp3) is 0.412. The largest absolute Gasteiger partial charge is 0.374 e. The Kier molecular flexibility index (Phi) is 5.84. The molecule has 1 aromatic carbocycles. The molecule has 2 N–H and O–H groups in total. The normalized spacial score (nSPS) is 20.2. The van der Waals surface area contributed by atoms with Gasteiger partial charge in [-0.1, -0.05) is 52.9 Å². The van der Waals surface area contributed by atoms with Crippen molar-refractivity contribution in [3.05, 3.63) is 34.9 Å². The molecule has 1 aliphatic rings. The lowest BCUT2D eigenvalue weighted by Crippen LogP contribution is -2.54. The van der Waals surface area contributed by atoms with Crippen LogP contribution in [0.25, 0.3) is 0 Å². The van der Waals surface area contributed by atoms with Gasteiger partial charge in [0, 0.05) is 24.1 Å². The van der Waals surface area contributed by atoms with Gasteiger partial charge in [0.05, 0.1) is 5.75 Å². The second kappa shape index (κ2) is 7.94. The lowest BCUT2D eigenvalue weighted by atomic mass is 9.74. The van der Waals surface area contributed by atoms with E-state index in [4.69, 9.17) is 17.3 Å². The van der Waals surface area contributed by atoms with Crippen LogP contribution in [0.4, 0.5) is 5.13 Å². The number of rotatable bonds is 5. The predicted molar refractivity (Wildman–Crippen MR) is 104 cm³/mol. The number of carbonyl (C=O) groups excluding carboxylic acids is 2. The number of nitrogens with zero attached hydrogens (tertiary/aromatic N) is 3. The summed E-state index contributed by atoms with van der Waals surface area (Å²) < 4.78 is 0.631. The van der Waals surface area contributed by atoms with Crippen LogP contribution in [-0.2, 0) is 15.1 Å². The number of carbonyl (C=O) groups is 2. The SMILES string of the molecule is CN(C(=O)CSc1nnc(N)s1)C1(c2ccccc2Cl)CCCCC1=O. The molecule has 26 heavy (non-hydrogen) atoms. The third-order valence-corrected chi connectivity index (χ3v) is 6.86. The summed E-state index contributed by atoms with van der Waals surface area (Å²) in [5.41, 5.74) is 5.27. The Morgan fingerprint density at radius 3 is 2.81 bits per heavy atom. The second-order valence-electron chi connectivity index (χ2n) is 6.12. The van der Waals surface area contributed by atoms with Gasteiger partial charge < -0.3 is 10.6 Å². The van der Waals surface area contributed by atoms with Gasteiger partial charge in [-0.25, -0.2) is 0 Å². The number of hydrogen-bond donors (Lipinski definition) is 1. The highest BCUT2D eigenvalue weighted by Gasteiger charge is 2.47. The first-order chi connectivity index (χ1) is 12.4. The molecule has 9 heteroatoms. The lowest BCUT2D eigenvalue weighted by Gasteiger charge is -2.44. The molecule has 0 aliphatic heterocycles. The van der Waals surface area contributed by atoms with Gasteiger partial charge in [-0.15, -0.1) is 10.2 Å². The van der Waals surface area contributed by atoms with Gasteiger partial charge in [-0.05, 0) is 25.3 Å². The van der Waals surface area contributed by atoms with Crippen molar-refractivity contribution in [3.8, 4) is 0 Å². The van der Waals surface area contributed by atoms with Crippen LogP contribution in [-0.4, -0.2) is 39.6 Å². The summed E-state index contributed by atoms with van der Waals surface area (Å²) in [5, 5.41) is 8.53. The summed E-state index contributed by atoms with van der Waals surface area (Å²) in [6.45, 7) is 0. The molecular formula is C17H19ClN4O2S2. The number of ketones is 1. The molecule has 1 aromatic heterocycles. The number of amides is 1. The van der Waals surface area contributed by atoms with E-state index < -0.39 is 5.54 Å². The summed E-state index contributed by atoms with van der Waals surface area (Å²) in [7, 11) is 1.68. The van der Waals surface area contributed by atoms with Crippen LogP contribution in [0.15, 0.2) is 28.6 Å². The molecule has 1 amide bonds. The van der Waals surface area contributed by atoms with Gasteiger partial charge in [-0.3, -0.25) is 9.59 Å². The molecule has 1 heterocycles. The van der Waals surface area contributed by atoms with E-state index in [1.54, 1.807) is 18.0 Å². The predicted octanol–water partition coefficient (Wildman–Crippen LogP) is 3.36. The molecule has 138 valence electrons. The third kappa shape index (κ3) is 3.58. The molecule has 0 saturated heterocycles. The van der Waals surface area contributed by atoms with Crippen LogP contribution in [0.2, 0.25) is 5.02 Å². The van der Waals surface area contributed by atoms with Gasteiger partial charge in [0.25, 0.3) is 0 Å². The zero-order valence-electron chi connectivity index (χ0n) is 14.3. The van der Waals surface area contributed by atoms with Crippen LogP contribution >= 0.6 is 34.7 Å². The molecule has 1 atom stereocenters. The molecule has 1 fully saturated rings. The van der Waals surface area contributed by atoms with Crippen LogP contribution in [0.3, 0.4) is 0 Å². The second-order valence-corrected chi connectivity index (χ2v) is 8.76. The highest BCUT2D eigenvalue weighted by Crippen LogP contribution is 2.42. The first-order valence-corrected chi connectivity index (χ1v) is 10.4. The van der Waals surface area contributed by atoms with Gasteiger partial charge in [0.1, 0.15) is 5.54 Å². The lowest BCUT2D eigenvalue weighted by molar-refractivity contribution is -0.146. The fourth-order valence-corrected chi connectivity index (χ4v) is 5.18. The van der Waals surface area contributed by atoms with Crippen LogP contribution in [0.5, 0.6) is 0 Å². The molecule has 1 unspecified atom stereocenters. The molecule has 0 radical (unpaired) electrons. The third-order valence-electron chi connectivity index (χ3n) is 4.66. The summed E-state index contributed by atoms with van der Waals surface area (Å²) in [6.07, 6.45) is 2.73. The van der Waals surface area contributed by atoms with E-state index >= 15 is 0 Å². The van der Waals surface area contributed by atoms with Crippen LogP contribution in [0, 0.1) is 0 Å². The molecule has 6 nitrogen and oxygen atoms in total. The zero-order valence-corrected chi connectivity index (χ0v) is 16.7. The Labute approximate surface area is 165 Å². The van der Waals surface area contributed by atoms with Crippen molar-refractivity contribution in [1.82, 2.24) is 15.1 Å². The molecule has 1 aliphatic carbocycles. The Hall–Kier alpha value is -1.64. The minimum absolute atomic E-state index is 0.0397. The molecular weight excluding hydrogens is 392 g/mol. The quantitative estimate of drug-likeness (QED) is 0.760. The highest BCUT2D eigenvalue weighted by atomic mass is 35.5. The first kappa shape index (κ1) is 19.1. The maximum absolute atomic E-state index is 13.0. The van der Waals surface area contributed by atoms with E-state index in [9.17, 15) is 9.59 Å². The summed E-state index contributed by atoms with van der Waals surface area (Å²) in [4.78, 5) is 27.5. The number of aromatic nitrogens is 2. The topological polar surface area (TPSA) is 89.2 Å². The Morgan fingerprint density at radius 1 is 1.38 bits per heavy atom. The van der Waals surface area contributed by atoms with Crippen molar-refractivity contribution in [1.29, 1.82) is 0 Å². The smallest absolute Gasteiger partial charge is 0.233 e. The molecule has 2 aromatic rings. The van der Waals surface area contributed by atoms with E-state index in [1.165, 1.54) is 23.1 Å². The van der Waals surface area contributed by atoms with E-state index in [-0.39, 0.29) is 17.4 Å². The number of anilines is 1. The minimum atomic E-state index is -1.01. The van der Waals surface area contributed by atoms with E-state index in [1.807, 2.05) is 18.2 Å². The van der Waals surface area contributed by atoms with Crippen molar-refractivity contribution >= 4 is 51.5 Å². The van der Waals surface area contributed by atoms with E-state index in [2.05, 4.69) is 10.2 Å². The number of thioether (sulfide) groups is 1. The molecule has 0 spiro atoms. The average Bonchev–Trinajstić information content (AvgIpc) is 3.06. The van der Waals surface area contributed by atoms with Gasteiger partial charge in [0.15, 0.2) is 10.1 Å². The van der Waals surface area contributed by atoms with Gasteiger partial charge in [-0.2, -0.15) is 0 Å². The molecule has 1 saturated carbocycles. The number of Topliss-reactive ketones (excluding diaryl/α,β-unsaturated/α-hetero) is 1. The number of benzene rings is 1. The van der Waals surface area contributed by atoms with Crippen molar-refractivity contribution in [2.45, 2.75) is 35.6 Å². The number of nitrogens with two attached hydrogens (primary N) is 1. The van der Waals surface area contributed by atoms with Crippen molar-refractivity contribution < 1.29 is 9.59 Å². The summed E-state index contributed by atoms with van der Waals surface area (Å²) in [5.74, 6) is 0.0433. The van der Waals surface area contributed by atoms with Gasteiger partial charge in [0.2, 0.25) is 11.0 Å². The number of hydrogen-bond acceptors (Lipinski definition) is 7. The maximum Gasteiger partial charge on any atom is 0.233 e. The standard InChI is InChI=1S/C17H19ClN4O2S2/c1-22(14(24)10-25-16-21-20-15(19)26-16)17(9-5-4-8-13(17)23)11-6-2-3-7-12(11)18/h2-3,6-7H,4-5,8-10H2,1H3,(H2,19,20). The van der Waals surface area contributed by atoms with Crippen LogP contribution in [0.1, 0.15) is 31.2 Å². The Morgan fingerprint density at radius 2 is 2.15 bits per heavy atom. The maximum atomic E-state index is 13.0. The number of likely N-dealkylation sites (N-methyl/N-ethyl adjacent to an activating group) is 1. The zero-order chi connectivity index (χ0) is 18.7. The van der Waals surface area contributed by atoms with Crippen LogP contribution < -0.4 is 5.73 Å². The molecule has 0 bridgehead atoms. The number of halogens is 1. The van der Waals surface area contributed by atoms with E-state index in [0.717, 1.165) is 12.8 Å². The summed E-state index contributed by atoms with van der Waals surface area (Å²) in [6, 6.07) is 7.28. The Bertz CT molecular complexity index is 829. The first-order valence-electron chi connectivity index (χ1n) is 8.22. The minimum Gasteiger partial charge on any atom is -0.374 e. The van der Waals surface area contributed by atoms with Crippen molar-refractivity contribution in [3.63, 3.8) is 0 Å². The van der Waals surface area contributed by atoms with Crippen molar-refractivity contribution in [2.75, 3.05) is 18.5 Å². The summed E-state index contributed by atoms with van der Waals surface area (Å²) >= 11 is 8.92. The average molecular weight is 411 g/mol. The fourth-order valence-electron chi connectivity index (χ4n) is 3.34. The van der Waals surface area contributed by atoms with E-state index in [0.29, 0.717) is 32.9 Å². The highest BCUT2D eigenvalue weighted by molar-refractivity contribution is 8.01.